The molecule has 3 aliphatic carbocycles. The zero-order chi connectivity index (χ0) is 27.5. The van der Waals surface area contributed by atoms with Crippen molar-refractivity contribution < 1.29 is 28.4 Å². The molecule has 1 saturated heterocycles. The molecule has 4 aromatic rings. The van der Waals surface area contributed by atoms with Crippen molar-refractivity contribution in [1.29, 1.82) is 0 Å². The minimum atomic E-state index is -0.827. The SMILES string of the molecule is Cc1cc(NC(=O)COC(=O)c2ccccc2N2C(=O)[C@@H]3C4c5ccccc5C(c5ccccc54)[C@H]3C2=O)no1. The van der Waals surface area contributed by atoms with Gasteiger partial charge in [0.15, 0.2) is 12.4 Å². The van der Waals surface area contributed by atoms with Crippen LogP contribution in [0.25, 0.3) is 0 Å². The Morgan fingerprint density at radius 3 is 1.90 bits per heavy atom. The fourth-order valence-electron chi connectivity index (χ4n) is 6.57. The van der Waals surface area contributed by atoms with E-state index in [-0.39, 0.29) is 40.7 Å². The molecule has 198 valence electrons. The summed E-state index contributed by atoms with van der Waals surface area (Å²) < 4.78 is 10.2. The highest BCUT2D eigenvalue weighted by Crippen LogP contribution is 2.61. The number of esters is 1. The summed E-state index contributed by atoms with van der Waals surface area (Å²) in [4.78, 5) is 54.7. The molecule has 9 nitrogen and oxygen atoms in total. The van der Waals surface area contributed by atoms with Crippen LogP contribution in [-0.4, -0.2) is 35.5 Å². The molecule has 0 spiro atoms. The number of carbonyl (C=O) groups excluding carboxylic acids is 4. The van der Waals surface area contributed by atoms with Crippen molar-refractivity contribution in [1.82, 2.24) is 5.16 Å². The summed E-state index contributed by atoms with van der Waals surface area (Å²) in [5.41, 5.74) is 4.44. The van der Waals surface area contributed by atoms with Gasteiger partial charge >= 0.3 is 5.97 Å². The van der Waals surface area contributed by atoms with E-state index >= 15 is 0 Å². The van der Waals surface area contributed by atoms with Gasteiger partial charge in [-0.15, -0.1) is 0 Å². The molecular formula is C31H23N3O6. The number of amides is 3. The normalized spacial score (nSPS) is 22.0. The average Bonchev–Trinajstić information content (AvgIpc) is 3.50. The predicted octanol–water partition coefficient (Wildman–Crippen LogP) is 4.18. The minimum absolute atomic E-state index is 0.0234. The molecule has 0 unspecified atom stereocenters. The van der Waals surface area contributed by atoms with E-state index in [9.17, 15) is 19.2 Å². The molecule has 4 aliphatic rings. The van der Waals surface area contributed by atoms with Gasteiger partial charge in [0.2, 0.25) is 11.8 Å². The first kappa shape index (κ1) is 24.0. The molecule has 1 aromatic heterocycles. The Hall–Kier alpha value is -5.05. The molecule has 40 heavy (non-hydrogen) atoms. The lowest BCUT2D eigenvalue weighted by molar-refractivity contribution is -0.122. The van der Waals surface area contributed by atoms with Crippen molar-refractivity contribution >= 4 is 35.2 Å². The number of ether oxygens (including phenoxy) is 1. The van der Waals surface area contributed by atoms with Gasteiger partial charge in [0.05, 0.1) is 23.1 Å². The van der Waals surface area contributed by atoms with Gasteiger partial charge in [-0.05, 0) is 41.3 Å². The van der Waals surface area contributed by atoms with Gasteiger partial charge in [-0.2, -0.15) is 0 Å². The average molecular weight is 534 g/mol. The number of carbonyl (C=O) groups is 4. The van der Waals surface area contributed by atoms with Crippen molar-refractivity contribution in [3.05, 3.63) is 112 Å². The smallest absolute Gasteiger partial charge is 0.340 e. The Bertz CT molecular complexity index is 1610. The number of benzene rings is 3. The molecule has 2 heterocycles. The Balaban J connectivity index is 1.19. The van der Waals surface area contributed by atoms with E-state index < -0.39 is 30.3 Å². The molecule has 0 saturated carbocycles. The highest BCUT2D eigenvalue weighted by Gasteiger charge is 2.62. The Labute approximate surface area is 228 Å². The van der Waals surface area contributed by atoms with Crippen molar-refractivity contribution in [2.45, 2.75) is 18.8 Å². The molecule has 0 radical (unpaired) electrons. The van der Waals surface area contributed by atoms with E-state index in [0.29, 0.717) is 5.76 Å². The summed E-state index contributed by atoms with van der Waals surface area (Å²) in [7, 11) is 0. The number of aromatic nitrogens is 1. The predicted molar refractivity (Wildman–Crippen MR) is 143 cm³/mol. The fourth-order valence-corrected chi connectivity index (χ4v) is 6.57. The second-order valence-corrected chi connectivity index (χ2v) is 10.2. The zero-order valence-electron chi connectivity index (χ0n) is 21.4. The van der Waals surface area contributed by atoms with Crippen LogP contribution in [0, 0.1) is 18.8 Å². The lowest BCUT2D eigenvalue weighted by atomic mass is 9.55. The van der Waals surface area contributed by atoms with Gasteiger partial charge in [0, 0.05) is 17.9 Å². The van der Waals surface area contributed by atoms with Crippen LogP contribution in [-0.2, 0) is 19.1 Å². The van der Waals surface area contributed by atoms with E-state index in [1.165, 1.54) is 12.1 Å². The summed E-state index contributed by atoms with van der Waals surface area (Å²) in [5, 5.41) is 6.16. The molecule has 2 atom stereocenters. The number of hydrogen-bond donors (Lipinski definition) is 1. The summed E-state index contributed by atoms with van der Waals surface area (Å²) in [6.45, 7) is 1.10. The Morgan fingerprint density at radius 1 is 0.850 bits per heavy atom. The summed E-state index contributed by atoms with van der Waals surface area (Å²) in [5.74, 6) is -3.07. The molecular weight excluding hydrogens is 510 g/mol. The number of nitrogens with zero attached hydrogens (tertiary/aromatic N) is 2. The van der Waals surface area contributed by atoms with Gasteiger partial charge in [-0.3, -0.25) is 14.4 Å². The minimum Gasteiger partial charge on any atom is -0.452 e. The van der Waals surface area contributed by atoms with Crippen molar-refractivity contribution in [2.75, 3.05) is 16.8 Å². The van der Waals surface area contributed by atoms with Crippen LogP contribution in [0.5, 0.6) is 0 Å². The highest BCUT2D eigenvalue weighted by atomic mass is 16.5. The number of imide groups is 1. The van der Waals surface area contributed by atoms with Crippen LogP contribution in [0.2, 0.25) is 0 Å². The first-order chi connectivity index (χ1) is 19.4. The highest BCUT2D eigenvalue weighted by molar-refractivity contribution is 6.25. The van der Waals surface area contributed by atoms with Crippen LogP contribution in [0.1, 0.15) is 50.2 Å². The number of para-hydroxylation sites is 1. The lowest BCUT2D eigenvalue weighted by Crippen LogP contribution is -2.41. The van der Waals surface area contributed by atoms with Crippen molar-refractivity contribution in [3.63, 3.8) is 0 Å². The van der Waals surface area contributed by atoms with E-state index in [0.717, 1.165) is 27.2 Å². The number of anilines is 2. The van der Waals surface area contributed by atoms with Crippen LogP contribution >= 0.6 is 0 Å². The molecule has 1 fully saturated rings. The third kappa shape index (κ3) is 3.51. The van der Waals surface area contributed by atoms with E-state index in [1.54, 1.807) is 25.1 Å². The first-order valence-corrected chi connectivity index (χ1v) is 13.0. The molecule has 2 bridgehead atoms. The van der Waals surface area contributed by atoms with Crippen LogP contribution < -0.4 is 10.2 Å². The standard InChI is InChI=1S/C31H23N3O6/c1-16-14-23(33-40-16)32-24(35)15-39-31(38)21-12-6-7-13-22(21)34-29(36)27-25-17-8-2-3-9-18(17)26(28(27)30(34)37)20-11-5-4-10-19(20)25/h2-14,25-28H,15H2,1H3,(H,32,33,35)/t25?,26?,27-,28-/m1/s1. The maximum Gasteiger partial charge on any atom is 0.340 e. The maximum absolute atomic E-state index is 14.1. The van der Waals surface area contributed by atoms with E-state index in [4.69, 9.17) is 9.26 Å². The number of aryl methyl sites for hydroxylation is 1. The van der Waals surface area contributed by atoms with Crippen molar-refractivity contribution in [3.8, 4) is 0 Å². The van der Waals surface area contributed by atoms with Gasteiger partial charge in [0.1, 0.15) is 5.76 Å². The van der Waals surface area contributed by atoms with Gasteiger partial charge in [-0.25, -0.2) is 9.69 Å². The molecule has 8 rings (SSSR count). The van der Waals surface area contributed by atoms with Crippen LogP contribution in [0.4, 0.5) is 11.5 Å². The largest absolute Gasteiger partial charge is 0.452 e. The third-order valence-electron chi connectivity index (χ3n) is 8.04. The quantitative estimate of drug-likeness (QED) is 0.302. The van der Waals surface area contributed by atoms with Crippen LogP contribution in [0.3, 0.4) is 0 Å². The van der Waals surface area contributed by atoms with Gasteiger partial charge in [-0.1, -0.05) is 65.8 Å². The Morgan fingerprint density at radius 2 is 1.38 bits per heavy atom. The van der Waals surface area contributed by atoms with Gasteiger partial charge < -0.3 is 14.6 Å². The molecule has 3 aromatic carbocycles. The first-order valence-electron chi connectivity index (χ1n) is 13.0. The topological polar surface area (TPSA) is 119 Å². The summed E-state index contributed by atoms with van der Waals surface area (Å²) >= 11 is 0. The fraction of sp³-hybridized carbons (Fsp3) is 0.194. The monoisotopic (exact) mass is 533 g/mol. The van der Waals surface area contributed by atoms with Crippen LogP contribution in [0.15, 0.2) is 83.4 Å². The molecule has 3 amide bonds. The second kappa shape index (κ2) is 9.01. The van der Waals surface area contributed by atoms with Crippen molar-refractivity contribution in [2.24, 2.45) is 11.8 Å². The number of hydrogen-bond acceptors (Lipinski definition) is 7. The lowest BCUT2D eigenvalue weighted by Gasteiger charge is -2.45. The molecule has 1 N–H and O–H groups in total. The van der Waals surface area contributed by atoms with Gasteiger partial charge in [0.25, 0.3) is 5.91 Å². The maximum atomic E-state index is 14.1. The molecule has 1 aliphatic heterocycles. The zero-order valence-corrected chi connectivity index (χ0v) is 21.4. The number of rotatable bonds is 5. The molecule has 9 heteroatoms. The number of nitrogens with one attached hydrogen (secondary N) is 1. The second-order valence-electron chi connectivity index (χ2n) is 10.2. The van der Waals surface area contributed by atoms with E-state index in [2.05, 4.69) is 10.5 Å². The summed E-state index contributed by atoms with van der Waals surface area (Å²) in [6, 6.07) is 23.8. The Kier molecular flexibility index (Phi) is 5.41. The summed E-state index contributed by atoms with van der Waals surface area (Å²) in [6.07, 6.45) is 0. The van der Waals surface area contributed by atoms with E-state index in [1.807, 2.05) is 48.5 Å². The third-order valence-corrected chi connectivity index (χ3v) is 8.04.